The first-order chi connectivity index (χ1) is 5.24. The monoisotopic (exact) mass is 160 g/mol. The van der Waals surface area contributed by atoms with Crippen LogP contribution in [0.4, 0.5) is 0 Å². The number of rotatable bonds is 1. The van der Waals surface area contributed by atoms with Crippen molar-refractivity contribution in [1.29, 1.82) is 0 Å². The molecule has 1 aliphatic rings. The Bertz CT molecular complexity index is 83.6. The molecule has 0 saturated heterocycles. The second-order valence-corrected chi connectivity index (χ2v) is 3.06. The minimum atomic E-state index is -0.165. The van der Waals surface area contributed by atoms with Crippen molar-refractivity contribution < 1.29 is 10.2 Å². The summed E-state index contributed by atoms with van der Waals surface area (Å²) >= 11 is 0. The Morgan fingerprint density at radius 2 is 1.82 bits per heavy atom. The highest BCUT2D eigenvalue weighted by atomic mass is 16.3. The van der Waals surface area contributed by atoms with Gasteiger partial charge in [-0.15, -0.1) is 0 Å². The van der Waals surface area contributed by atoms with E-state index in [0.717, 1.165) is 12.8 Å². The summed E-state index contributed by atoms with van der Waals surface area (Å²) in [4.78, 5) is 0. The van der Waals surface area contributed by atoms with Crippen LogP contribution in [-0.2, 0) is 0 Å². The molecule has 2 heteroatoms. The lowest BCUT2D eigenvalue weighted by Gasteiger charge is -2.04. The summed E-state index contributed by atoms with van der Waals surface area (Å²) in [6, 6.07) is 0. The van der Waals surface area contributed by atoms with Gasteiger partial charge in [0.1, 0.15) is 0 Å². The Morgan fingerprint density at radius 1 is 1.27 bits per heavy atom. The molecule has 0 heterocycles. The number of hydrogen-bond acceptors (Lipinski definition) is 2. The van der Waals surface area contributed by atoms with Gasteiger partial charge in [0.05, 0.1) is 6.10 Å². The van der Waals surface area contributed by atoms with Crippen LogP contribution in [0.2, 0.25) is 0 Å². The van der Waals surface area contributed by atoms with Gasteiger partial charge in [0, 0.05) is 6.61 Å². The predicted molar refractivity (Wildman–Crippen MR) is 46.3 cm³/mol. The summed E-state index contributed by atoms with van der Waals surface area (Å²) < 4.78 is 0. The Balaban J connectivity index is 0.000000461. The molecule has 0 aromatic carbocycles. The standard InChI is InChI=1S/C7H14O2.C2H6/c1-5-2-6(4-8)3-7(5)9;1-2/h5-9H,2-4H2,1H3;1-2H3. The van der Waals surface area contributed by atoms with E-state index in [2.05, 4.69) is 0 Å². The molecule has 1 aliphatic carbocycles. The molecule has 0 radical (unpaired) electrons. The highest BCUT2D eigenvalue weighted by Gasteiger charge is 2.28. The smallest absolute Gasteiger partial charge is 0.0569 e. The summed E-state index contributed by atoms with van der Waals surface area (Å²) in [6.07, 6.45) is 1.61. The highest BCUT2D eigenvalue weighted by Crippen LogP contribution is 2.29. The first kappa shape index (κ1) is 10.9. The molecule has 68 valence electrons. The van der Waals surface area contributed by atoms with E-state index in [1.54, 1.807) is 0 Å². The molecule has 0 amide bonds. The first-order valence-corrected chi connectivity index (χ1v) is 4.53. The summed E-state index contributed by atoms with van der Waals surface area (Å²) in [6.45, 7) is 6.27. The third-order valence-corrected chi connectivity index (χ3v) is 2.19. The lowest BCUT2D eigenvalue weighted by atomic mass is 10.1. The van der Waals surface area contributed by atoms with E-state index in [4.69, 9.17) is 5.11 Å². The van der Waals surface area contributed by atoms with Crippen LogP contribution in [0.5, 0.6) is 0 Å². The number of aliphatic hydroxyl groups excluding tert-OH is 2. The molecular formula is C9H20O2. The van der Waals surface area contributed by atoms with Crippen molar-refractivity contribution in [2.24, 2.45) is 11.8 Å². The average molecular weight is 160 g/mol. The molecule has 0 aromatic heterocycles. The van der Waals surface area contributed by atoms with Crippen LogP contribution >= 0.6 is 0 Å². The summed E-state index contributed by atoms with van der Waals surface area (Å²) in [5.41, 5.74) is 0. The molecule has 2 N–H and O–H groups in total. The zero-order valence-corrected chi connectivity index (χ0v) is 7.75. The van der Waals surface area contributed by atoms with Crippen molar-refractivity contribution in [3.8, 4) is 0 Å². The molecule has 0 bridgehead atoms. The predicted octanol–water partition coefficient (Wildman–Crippen LogP) is 1.41. The topological polar surface area (TPSA) is 40.5 Å². The summed E-state index contributed by atoms with van der Waals surface area (Å²) in [7, 11) is 0. The van der Waals surface area contributed by atoms with Crippen LogP contribution in [0, 0.1) is 11.8 Å². The van der Waals surface area contributed by atoms with Crippen molar-refractivity contribution in [3.05, 3.63) is 0 Å². The van der Waals surface area contributed by atoms with Gasteiger partial charge in [-0.3, -0.25) is 0 Å². The molecule has 1 fully saturated rings. The molecule has 2 nitrogen and oxygen atoms in total. The molecule has 1 rings (SSSR count). The Labute approximate surface area is 69.2 Å². The number of hydrogen-bond donors (Lipinski definition) is 2. The maximum atomic E-state index is 9.19. The molecule has 0 spiro atoms. The van der Waals surface area contributed by atoms with E-state index in [0.29, 0.717) is 11.8 Å². The van der Waals surface area contributed by atoms with Gasteiger partial charge in [0.2, 0.25) is 0 Å². The van der Waals surface area contributed by atoms with Gasteiger partial charge >= 0.3 is 0 Å². The van der Waals surface area contributed by atoms with Crippen LogP contribution < -0.4 is 0 Å². The molecule has 0 aliphatic heterocycles. The second-order valence-electron chi connectivity index (χ2n) is 3.06. The Hall–Kier alpha value is -0.0800. The molecule has 11 heavy (non-hydrogen) atoms. The zero-order chi connectivity index (χ0) is 8.85. The maximum absolute atomic E-state index is 9.19. The SMILES string of the molecule is CC.CC1CC(CO)CC1O. The van der Waals surface area contributed by atoms with Gasteiger partial charge in [0.25, 0.3) is 0 Å². The summed E-state index contributed by atoms with van der Waals surface area (Å²) in [5.74, 6) is 0.747. The normalized spacial score (nSPS) is 36.3. The Morgan fingerprint density at radius 3 is 2.00 bits per heavy atom. The van der Waals surface area contributed by atoms with Gasteiger partial charge < -0.3 is 10.2 Å². The summed E-state index contributed by atoms with van der Waals surface area (Å²) in [5, 5.41) is 17.9. The van der Waals surface area contributed by atoms with Gasteiger partial charge in [-0.2, -0.15) is 0 Å². The van der Waals surface area contributed by atoms with E-state index < -0.39 is 0 Å². The van der Waals surface area contributed by atoms with Crippen LogP contribution in [-0.4, -0.2) is 22.9 Å². The van der Waals surface area contributed by atoms with E-state index >= 15 is 0 Å². The fourth-order valence-electron chi connectivity index (χ4n) is 1.50. The molecular weight excluding hydrogens is 140 g/mol. The van der Waals surface area contributed by atoms with Crippen LogP contribution in [0.1, 0.15) is 33.6 Å². The fourth-order valence-corrected chi connectivity index (χ4v) is 1.50. The van der Waals surface area contributed by atoms with E-state index in [-0.39, 0.29) is 12.7 Å². The third kappa shape index (κ3) is 3.21. The fraction of sp³-hybridized carbons (Fsp3) is 1.00. The van der Waals surface area contributed by atoms with Gasteiger partial charge in [-0.05, 0) is 24.7 Å². The second kappa shape index (κ2) is 5.56. The molecule has 0 aromatic rings. The van der Waals surface area contributed by atoms with E-state index in [1.807, 2.05) is 20.8 Å². The molecule has 1 saturated carbocycles. The largest absolute Gasteiger partial charge is 0.396 e. The Kier molecular flexibility index (Phi) is 5.51. The van der Waals surface area contributed by atoms with Crippen molar-refractivity contribution in [2.45, 2.75) is 39.7 Å². The van der Waals surface area contributed by atoms with Crippen molar-refractivity contribution in [1.82, 2.24) is 0 Å². The third-order valence-electron chi connectivity index (χ3n) is 2.19. The minimum absolute atomic E-state index is 0.165. The van der Waals surface area contributed by atoms with Crippen molar-refractivity contribution in [2.75, 3.05) is 6.61 Å². The van der Waals surface area contributed by atoms with Crippen molar-refractivity contribution in [3.63, 3.8) is 0 Å². The van der Waals surface area contributed by atoms with Crippen LogP contribution in [0.15, 0.2) is 0 Å². The van der Waals surface area contributed by atoms with Gasteiger partial charge in [-0.1, -0.05) is 20.8 Å². The van der Waals surface area contributed by atoms with Crippen LogP contribution in [0.3, 0.4) is 0 Å². The quantitative estimate of drug-likeness (QED) is 0.609. The lowest BCUT2D eigenvalue weighted by molar-refractivity contribution is 0.135. The van der Waals surface area contributed by atoms with E-state index in [1.165, 1.54) is 0 Å². The van der Waals surface area contributed by atoms with Gasteiger partial charge in [-0.25, -0.2) is 0 Å². The molecule has 3 atom stereocenters. The molecule has 3 unspecified atom stereocenters. The van der Waals surface area contributed by atoms with E-state index in [9.17, 15) is 5.11 Å². The number of aliphatic hydroxyl groups is 2. The average Bonchev–Trinajstić information content (AvgIpc) is 2.36. The highest BCUT2D eigenvalue weighted by molar-refractivity contribution is 4.79. The lowest BCUT2D eigenvalue weighted by Crippen LogP contribution is -2.08. The van der Waals surface area contributed by atoms with Gasteiger partial charge in [0.15, 0.2) is 0 Å². The zero-order valence-electron chi connectivity index (χ0n) is 7.75. The van der Waals surface area contributed by atoms with Crippen LogP contribution in [0.25, 0.3) is 0 Å². The first-order valence-electron chi connectivity index (χ1n) is 4.53. The minimum Gasteiger partial charge on any atom is -0.396 e. The van der Waals surface area contributed by atoms with Crippen molar-refractivity contribution >= 4 is 0 Å². The maximum Gasteiger partial charge on any atom is 0.0569 e.